The Morgan fingerprint density at radius 1 is 1.29 bits per heavy atom. The molecule has 0 bridgehead atoms. The van der Waals surface area contributed by atoms with Crippen LogP contribution >= 0.6 is 0 Å². The molecule has 9 nitrogen and oxygen atoms in total. The Hall–Kier alpha value is -1.26. The molecule has 3 heterocycles. The van der Waals surface area contributed by atoms with Crippen LogP contribution in [0.15, 0.2) is 0 Å². The van der Waals surface area contributed by atoms with Gasteiger partial charge in [-0.15, -0.1) is 0 Å². The number of fused-ring (bicyclic) bond motifs is 1. The second-order valence-corrected chi connectivity index (χ2v) is 5.76. The third-order valence-electron chi connectivity index (χ3n) is 3.95. The zero-order valence-electron chi connectivity index (χ0n) is 11.9. The van der Waals surface area contributed by atoms with Gasteiger partial charge in [-0.05, 0) is 13.8 Å². The van der Waals surface area contributed by atoms with E-state index in [0.29, 0.717) is 0 Å². The van der Waals surface area contributed by atoms with Crippen LogP contribution in [0.4, 0.5) is 4.79 Å². The Kier molecular flexibility index (Phi) is 3.22. The maximum absolute atomic E-state index is 12.1. The average molecular weight is 302 g/mol. The lowest BCUT2D eigenvalue weighted by atomic mass is 9.89. The molecule has 3 amide bonds. The molecule has 3 saturated heterocycles. The van der Waals surface area contributed by atoms with Gasteiger partial charge in [0.15, 0.2) is 17.6 Å². The highest BCUT2D eigenvalue weighted by molar-refractivity contribution is 6.07. The van der Waals surface area contributed by atoms with Crippen molar-refractivity contribution in [3.63, 3.8) is 0 Å². The molecular formula is C12H18N2O7. The fourth-order valence-electron chi connectivity index (χ4n) is 3.05. The highest BCUT2D eigenvalue weighted by Gasteiger charge is 2.65. The van der Waals surface area contributed by atoms with Gasteiger partial charge in [0.1, 0.15) is 18.3 Å². The molecule has 3 rings (SSSR count). The molecule has 0 unspecified atom stereocenters. The summed E-state index contributed by atoms with van der Waals surface area (Å²) >= 11 is 0. The maximum Gasteiger partial charge on any atom is 0.322 e. The Morgan fingerprint density at radius 2 is 1.95 bits per heavy atom. The zero-order valence-corrected chi connectivity index (χ0v) is 11.9. The quantitative estimate of drug-likeness (QED) is 0.540. The molecule has 0 aromatic carbocycles. The van der Waals surface area contributed by atoms with Crippen LogP contribution in [-0.2, 0) is 23.7 Å². The van der Waals surface area contributed by atoms with E-state index in [1.165, 1.54) is 7.11 Å². The highest BCUT2D eigenvalue weighted by Crippen LogP contribution is 2.42. The van der Waals surface area contributed by atoms with Gasteiger partial charge in [0, 0.05) is 7.11 Å². The molecule has 3 N–H and O–H groups in total. The van der Waals surface area contributed by atoms with Crippen molar-refractivity contribution in [3.8, 4) is 0 Å². The summed E-state index contributed by atoms with van der Waals surface area (Å²) in [4.78, 5) is 23.5. The van der Waals surface area contributed by atoms with Crippen molar-refractivity contribution in [2.75, 3.05) is 13.7 Å². The Balaban J connectivity index is 1.94. The minimum atomic E-state index is -1.61. The molecule has 118 valence electrons. The number of amides is 3. The summed E-state index contributed by atoms with van der Waals surface area (Å²) in [5.74, 6) is -1.53. The predicted octanol–water partition coefficient (Wildman–Crippen LogP) is -1.55. The third kappa shape index (κ3) is 2.04. The number of methoxy groups -OCH3 is 1. The fraction of sp³-hybridized carbons (Fsp3) is 0.833. The minimum absolute atomic E-state index is 0.552. The van der Waals surface area contributed by atoms with Gasteiger partial charge in [0.05, 0.1) is 6.61 Å². The maximum atomic E-state index is 12.1. The van der Waals surface area contributed by atoms with E-state index in [1.807, 2.05) is 0 Å². The molecule has 0 aromatic heterocycles. The van der Waals surface area contributed by atoms with Gasteiger partial charge in [-0.3, -0.25) is 10.1 Å². The van der Waals surface area contributed by atoms with Crippen LogP contribution in [0.25, 0.3) is 0 Å². The smallest absolute Gasteiger partial charge is 0.322 e. The molecule has 0 spiro atoms. The fourth-order valence-corrected chi connectivity index (χ4v) is 3.05. The number of nitrogens with one attached hydrogen (secondary N) is 2. The van der Waals surface area contributed by atoms with E-state index in [0.717, 1.165) is 0 Å². The molecule has 0 saturated carbocycles. The Morgan fingerprint density at radius 3 is 2.48 bits per heavy atom. The zero-order chi connectivity index (χ0) is 15.4. The molecule has 3 aliphatic rings. The summed E-state index contributed by atoms with van der Waals surface area (Å²) in [6, 6.07) is -0.687. The van der Waals surface area contributed by atoms with Crippen molar-refractivity contribution < 1.29 is 33.6 Å². The van der Waals surface area contributed by atoms with Crippen LogP contribution in [0.5, 0.6) is 0 Å². The minimum Gasteiger partial charge on any atom is -0.393 e. The summed E-state index contributed by atoms with van der Waals surface area (Å²) in [5, 5.41) is 14.2. The first-order valence-corrected chi connectivity index (χ1v) is 6.61. The molecule has 0 radical (unpaired) electrons. The molecular weight excluding hydrogens is 284 g/mol. The van der Waals surface area contributed by atoms with Crippen LogP contribution in [-0.4, -0.2) is 66.7 Å². The van der Waals surface area contributed by atoms with Crippen LogP contribution in [0.1, 0.15) is 13.8 Å². The number of ether oxygens (including phenoxy) is 4. The van der Waals surface area contributed by atoms with Gasteiger partial charge in [-0.2, -0.15) is 0 Å². The van der Waals surface area contributed by atoms with Gasteiger partial charge in [-0.1, -0.05) is 0 Å². The lowest BCUT2D eigenvalue weighted by molar-refractivity contribution is -0.235. The normalized spacial score (nSPS) is 44.6. The van der Waals surface area contributed by atoms with Gasteiger partial charge in [-0.25, -0.2) is 4.79 Å². The standard InChI is InChI=1S/C12H18N2O7/c1-11(2)20-5-6(21-11)8(18-3)19-7(5)12(4-15)9(16)13-10(17)14-12/h5-8,15H,4H2,1-3H3,(H2,13,14,16,17)/t5-,6+,7+,8+,12+/m1/s1. The third-order valence-corrected chi connectivity index (χ3v) is 3.95. The number of aliphatic hydroxyl groups is 1. The van der Waals surface area contributed by atoms with E-state index >= 15 is 0 Å². The number of rotatable bonds is 3. The second-order valence-electron chi connectivity index (χ2n) is 5.76. The summed E-state index contributed by atoms with van der Waals surface area (Å²) in [7, 11) is 1.44. The number of aliphatic hydroxyl groups excluding tert-OH is 1. The van der Waals surface area contributed by atoms with Crippen molar-refractivity contribution in [2.45, 2.75) is 49.8 Å². The summed E-state index contributed by atoms with van der Waals surface area (Å²) < 4.78 is 22.4. The van der Waals surface area contributed by atoms with E-state index in [1.54, 1.807) is 13.8 Å². The first-order valence-electron chi connectivity index (χ1n) is 6.61. The first kappa shape index (κ1) is 14.7. The summed E-state index contributed by atoms with van der Waals surface area (Å²) in [6.07, 6.45) is -2.88. The monoisotopic (exact) mass is 302 g/mol. The van der Waals surface area contributed by atoms with E-state index in [9.17, 15) is 14.7 Å². The van der Waals surface area contributed by atoms with E-state index in [-0.39, 0.29) is 0 Å². The highest BCUT2D eigenvalue weighted by atomic mass is 16.8. The molecule has 5 atom stereocenters. The number of hydrogen-bond acceptors (Lipinski definition) is 7. The molecule has 0 aromatic rings. The van der Waals surface area contributed by atoms with Gasteiger partial charge in [0.2, 0.25) is 0 Å². The molecule has 0 aliphatic carbocycles. The molecule has 9 heteroatoms. The van der Waals surface area contributed by atoms with Crippen molar-refractivity contribution in [1.82, 2.24) is 10.6 Å². The van der Waals surface area contributed by atoms with Crippen LogP contribution < -0.4 is 10.6 Å². The van der Waals surface area contributed by atoms with Gasteiger partial charge in [0.25, 0.3) is 5.91 Å². The second kappa shape index (κ2) is 4.62. The van der Waals surface area contributed by atoms with Crippen molar-refractivity contribution in [3.05, 3.63) is 0 Å². The Bertz CT molecular complexity index is 482. The van der Waals surface area contributed by atoms with Crippen LogP contribution in [0.3, 0.4) is 0 Å². The summed E-state index contributed by atoms with van der Waals surface area (Å²) in [6.45, 7) is 2.83. The number of carbonyl (C=O) groups excluding carboxylic acids is 2. The van der Waals surface area contributed by atoms with E-state index in [2.05, 4.69) is 10.6 Å². The topological polar surface area (TPSA) is 115 Å². The Labute approximate surface area is 120 Å². The van der Waals surface area contributed by atoms with Crippen LogP contribution in [0, 0.1) is 0 Å². The molecule has 3 fully saturated rings. The lowest BCUT2D eigenvalue weighted by Gasteiger charge is -2.33. The number of imide groups is 1. The number of urea groups is 1. The van der Waals surface area contributed by atoms with Crippen molar-refractivity contribution in [1.29, 1.82) is 0 Å². The van der Waals surface area contributed by atoms with Gasteiger partial charge >= 0.3 is 6.03 Å². The van der Waals surface area contributed by atoms with Crippen molar-refractivity contribution in [2.24, 2.45) is 0 Å². The number of hydrogen-bond donors (Lipinski definition) is 3. The average Bonchev–Trinajstić information content (AvgIpc) is 2.98. The SMILES string of the molecule is CO[C@H]1O[C@H]([C@]2(CO)NC(=O)NC2=O)[C@@H]2OC(C)(C)O[C@H]12. The van der Waals surface area contributed by atoms with Crippen molar-refractivity contribution >= 4 is 11.9 Å². The molecule has 21 heavy (non-hydrogen) atoms. The number of carbonyl (C=O) groups is 2. The molecule has 3 aliphatic heterocycles. The first-order chi connectivity index (χ1) is 9.83. The van der Waals surface area contributed by atoms with E-state index in [4.69, 9.17) is 18.9 Å². The van der Waals surface area contributed by atoms with E-state index < -0.39 is 54.5 Å². The van der Waals surface area contributed by atoms with Gasteiger partial charge < -0.3 is 29.4 Å². The van der Waals surface area contributed by atoms with Crippen LogP contribution in [0.2, 0.25) is 0 Å². The summed E-state index contributed by atoms with van der Waals surface area (Å²) in [5.41, 5.74) is -1.61. The predicted molar refractivity (Wildman–Crippen MR) is 66.0 cm³/mol. The lowest BCUT2D eigenvalue weighted by Crippen LogP contribution is -2.62. The largest absolute Gasteiger partial charge is 0.393 e.